The van der Waals surface area contributed by atoms with Gasteiger partial charge in [0.05, 0.1) is 29.5 Å². The molecule has 0 amide bonds. The molecule has 0 saturated heterocycles. The minimum atomic E-state index is -4.74. The predicted octanol–water partition coefficient (Wildman–Crippen LogP) is 3.22. The lowest BCUT2D eigenvalue weighted by Gasteiger charge is -2.07. The first-order chi connectivity index (χ1) is 16.7. The van der Waals surface area contributed by atoms with Gasteiger partial charge in [0.15, 0.2) is 0 Å². The summed E-state index contributed by atoms with van der Waals surface area (Å²) in [5.74, 6) is 3.57. The Morgan fingerprint density at radius 1 is 1.14 bits per heavy atom. The van der Waals surface area contributed by atoms with Gasteiger partial charge < -0.3 is 16.1 Å². The van der Waals surface area contributed by atoms with Crippen molar-refractivity contribution in [1.82, 2.24) is 24.5 Å². The van der Waals surface area contributed by atoms with E-state index in [0.29, 0.717) is 0 Å². The summed E-state index contributed by atoms with van der Waals surface area (Å²) >= 11 is 0. The van der Waals surface area contributed by atoms with E-state index in [9.17, 15) is 22.8 Å². The van der Waals surface area contributed by atoms with E-state index in [1.54, 1.807) is 6.07 Å². The fourth-order valence-corrected chi connectivity index (χ4v) is 3.33. The van der Waals surface area contributed by atoms with Crippen molar-refractivity contribution in [2.45, 2.75) is 12.7 Å². The topological polar surface area (TPSA) is 157 Å². The molecule has 10 nitrogen and oxygen atoms in total. The smallest absolute Gasteiger partial charge is 0.383 e. The third kappa shape index (κ3) is 4.47. The first-order valence-corrected chi connectivity index (χ1v) is 9.72. The summed E-state index contributed by atoms with van der Waals surface area (Å²) in [6.45, 7) is -0.147. The van der Waals surface area contributed by atoms with Gasteiger partial charge in [-0.25, -0.2) is 24.3 Å². The SMILES string of the molecule is N#Cc1c(-c2cnc(C(F)(F)F)nc2)c2c(N)ncnc2n1CC(C=Nc1ccccc1F)=NN. The largest absolute Gasteiger partial charge is 0.451 e. The summed E-state index contributed by atoms with van der Waals surface area (Å²) in [5, 5.41) is 13.8. The summed E-state index contributed by atoms with van der Waals surface area (Å²) in [4.78, 5) is 18.8. The van der Waals surface area contributed by atoms with Crippen LogP contribution in [0.3, 0.4) is 0 Å². The molecule has 0 unspecified atom stereocenters. The number of aromatic nitrogens is 5. The molecule has 0 spiro atoms. The molecule has 0 fully saturated rings. The lowest BCUT2D eigenvalue weighted by molar-refractivity contribution is -0.144. The molecule has 3 aromatic heterocycles. The molecule has 4 aromatic rings. The van der Waals surface area contributed by atoms with Gasteiger partial charge in [0.2, 0.25) is 5.82 Å². The molecular weight excluding hydrogens is 468 g/mol. The van der Waals surface area contributed by atoms with Crippen LogP contribution in [0, 0.1) is 17.1 Å². The molecule has 0 radical (unpaired) electrons. The Morgan fingerprint density at radius 2 is 1.86 bits per heavy atom. The van der Waals surface area contributed by atoms with Crippen molar-refractivity contribution in [3.8, 4) is 17.2 Å². The minimum absolute atomic E-state index is 0.0218. The molecular formula is C21H14F4N10. The zero-order valence-corrected chi connectivity index (χ0v) is 17.6. The van der Waals surface area contributed by atoms with E-state index in [4.69, 9.17) is 11.6 Å². The average molecular weight is 482 g/mol. The standard InChI is InChI=1S/C21H14F4N10/c22-13-3-1-2-4-14(13)29-8-12(34-28)9-35-15(5-26)16(17-18(27)32-10-33-19(17)35)11-6-30-20(31-7-11)21(23,24)25/h1-4,6-8,10H,9,28H2,(H2,27,32,33). The number of anilines is 1. The number of halogens is 4. The van der Waals surface area contributed by atoms with E-state index >= 15 is 0 Å². The van der Waals surface area contributed by atoms with Gasteiger partial charge in [-0.3, -0.25) is 4.99 Å². The number of aliphatic imine (C=N–C) groups is 1. The normalized spacial score (nSPS) is 12.4. The molecule has 35 heavy (non-hydrogen) atoms. The van der Waals surface area contributed by atoms with Crippen molar-refractivity contribution in [3.63, 3.8) is 0 Å². The van der Waals surface area contributed by atoms with Crippen LogP contribution in [-0.4, -0.2) is 36.4 Å². The highest BCUT2D eigenvalue weighted by Crippen LogP contribution is 2.36. The average Bonchev–Trinajstić information content (AvgIpc) is 3.16. The summed E-state index contributed by atoms with van der Waals surface area (Å²) < 4.78 is 54.0. The van der Waals surface area contributed by atoms with E-state index in [0.717, 1.165) is 18.7 Å². The van der Waals surface area contributed by atoms with Gasteiger partial charge in [0.25, 0.3) is 0 Å². The molecule has 176 valence electrons. The lowest BCUT2D eigenvalue weighted by atomic mass is 10.1. The maximum absolute atomic E-state index is 13.9. The minimum Gasteiger partial charge on any atom is -0.383 e. The van der Waals surface area contributed by atoms with Crippen LogP contribution in [0.4, 0.5) is 29.1 Å². The molecule has 4 N–H and O–H groups in total. The van der Waals surface area contributed by atoms with Gasteiger partial charge in [-0.05, 0) is 12.1 Å². The van der Waals surface area contributed by atoms with Crippen molar-refractivity contribution in [2.75, 3.05) is 5.73 Å². The zero-order chi connectivity index (χ0) is 25.2. The number of fused-ring (bicyclic) bond motifs is 1. The van der Waals surface area contributed by atoms with Crippen LogP contribution >= 0.6 is 0 Å². The molecule has 0 aliphatic carbocycles. The second-order valence-electron chi connectivity index (χ2n) is 7.00. The maximum Gasteiger partial charge on any atom is 0.451 e. The number of benzene rings is 1. The number of hydrogen-bond donors (Lipinski definition) is 2. The number of nitrogens with two attached hydrogens (primary N) is 2. The lowest BCUT2D eigenvalue weighted by Crippen LogP contribution is -2.15. The first kappa shape index (κ1) is 23.2. The van der Waals surface area contributed by atoms with Gasteiger partial charge in [0, 0.05) is 23.5 Å². The molecule has 1 aromatic carbocycles. The van der Waals surface area contributed by atoms with E-state index in [1.807, 2.05) is 6.07 Å². The summed E-state index contributed by atoms with van der Waals surface area (Å²) in [6.07, 6.45) is -0.498. The molecule has 4 rings (SSSR count). The number of para-hydroxylation sites is 1. The number of nitrogens with zero attached hydrogens (tertiary/aromatic N) is 8. The van der Waals surface area contributed by atoms with Crippen molar-refractivity contribution >= 4 is 34.5 Å². The summed E-state index contributed by atoms with van der Waals surface area (Å²) in [7, 11) is 0. The van der Waals surface area contributed by atoms with Crippen molar-refractivity contribution in [1.29, 1.82) is 5.26 Å². The van der Waals surface area contributed by atoms with Crippen molar-refractivity contribution in [3.05, 3.63) is 60.3 Å². The van der Waals surface area contributed by atoms with Crippen molar-refractivity contribution in [2.24, 2.45) is 15.9 Å². The molecule has 3 heterocycles. The van der Waals surface area contributed by atoms with Crippen LogP contribution in [0.1, 0.15) is 11.5 Å². The van der Waals surface area contributed by atoms with Crippen molar-refractivity contribution < 1.29 is 17.6 Å². The maximum atomic E-state index is 13.9. The second-order valence-corrected chi connectivity index (χ2v) is 7.00. The summed E-state index contributed by atoms with van der Waals surface area (Å²) in [5.41, 5.74) is 6.58. The molecule has 0 aliphatic rings. The van der Waals surface area contributed by atoms with E-state index < -0.39 is 17.8 Å². The Bertz CT molecular complexity index is 1500. The zero-order valence-electron chi connectivity index (χ0n) is 17.6. The molecule has 0 bridgehead atoms. The highest BCUT2D eigenvalue weighted by molar-refractivity contribution is 6.31. The Morgan fingerprint density at radius 3 is 2.49 bits per heavy atom. The second kappa shape index (κ2) is 9.14. The van der Waals surface area contributed by atoms with Crippen LogP contribution in [0.2, 0.25) is 0 Å². The molecule has 0 atom stereocenters. The van der Waals surface area contributed by atoms with Crippen LogP contribution in [0.25, 0.3) is 22.2 Å². The Hall–Kier alpha value is -4.93. The van der Waals surface area contributed by atoms with Gasteiger partial charge in [-0.1, -0.05) is 12.1 Å². The molecule has 0 saturated carbocycles. The van der Waals surface area contributed by atoms with Crippen LogP contribution in [-0.2, 0) is 12.7 Å². The van der Waals surface area contributed by atoms with Crippen LogP contribution < -0.4 is 11.6 Å². The Kier molecular flexibility index (Phi) is 6.07. The fourth-order valence-electron chi connectivity index (χ4n) is 3.33. The fraction of sp³-hybridized carbons (Fsp3) is 0.0952. The summed E-state index contributed by atoms with van der Waals surface area (Å²) in [6, 6.07) is 7.78. The van der Waals surface area contributed by atoms with Gasteiger partial charge in [0.1, 0.15) is 35.4 Å². The molecule has 0 aliphatic heterocycles. The van der Waals surface area contributed by atoms with E-state index in [-0.39, 0.29) is 51.6 Å². The number of nitrogen functional groups attached to an aromatic ring is 1. The highest BCUT2D eigenvalue weighted by atomic mass is 19.4. The number of hydrazone groups is 1. The predicted molar refractivity (Wildman–Crippen MR) is 119 cm³/mol. The van der Waals surface area contributed by atoms with Gasteiger partial charge in [-0.2, -0.15) is 23.5 Å². The van der Waals surface area contributed by atoms with Gasteiger partial charge >= 0.3 is 6.18 Å². The third-order valence-electron chi connectivity index (χ3n) is 4.86. The Labute approximate surface area is 194 Å². The van der Waals surface area contributed by atoms with Crippen LogP contribution in [0.5, 0.6) is 0 Å². The number of hydrogen-bond acceptors (Lipinski definition) is 9. The van der Waals surface area contributed by atoms with E-state index in [1.165, 1.54) is 29.0 Å². The number of nitriles is 1. The third-order valence-corrected chi connectivity index (χ3v) is 4.86. The number of alkyl halides is 3. The quantitative estimate of drug-likeness (QED) is 0.191. The van der Waals surface area contributed by atoms with Gasteiger partial charge in [-0.15, -0.1) is 0 Å². The number of rotatable bonds is 5. The highest BCUT2D eigenvalue weighted by Gasteiger charge is 2.34. The van der Waals surface area contributed by atoms with Crippen LogP contribution in [0.15, 0.2) is 53.1 Å². The van der Waals surface area contributed by atoms with E-state index in [2.05, 4.69) is 30.0 Å². The first-order valence-electron chi connectivity index (χ1n) is 9.72. The molecule has 14 heteroatoms. The monoisotopic (exact) mass is 482 g/mol. The Balaban J connectivity index is 1.83.